The largest absolute Gasteiger partial charge is 0.419 e. The van der Waals surface area contributed by atoms with Gasteiger partial charge in [-0.2, -0.15) is 13.2 Å². The quantitative estimate of drug-likeness (QED) is 0.848. The molecule has 1 amide bonds. The summed E-state index contributed by atoms with van der Waals surface area (Å²) >= 11 is 5.65. The van der Waals surface area contributed by atoms with Crippen molar-refractivity contribution in [3.63, 3.8) is 0 Å². The smallest absolute Gasteiger partial charge is 0.354 e. The molecule has 2 N–H and O–H groups in total. The van der Waals surface area contributed by atoms with Gasteiger partial charge in [0.05, 0.1) is 16.9 Å². The Morgan fingerprint density at radius 1 is 1.27 bits per heavy atom. The van der Waals surface area contributed by atoms with Crippen molar-refractivity contribution < 1.29 is 18.0 Å². The zero-order valence-electron chi connectivity index (χ0n) is 11.2. The SMILES string of the molecule is CNC(=O)c1ncccc1Nc1cc(Cl)ncc1C(F)(F)F. The number of aromatic nitrogens is 2. The van der Waals surface area contributed by atoms with E-state index in [9.17, 15) is 18.0 Å². The first-order chi connectivity index (χ1) is 10.3. The molecule has 2 aromatic heterocycles. The number of anilines is 2. The number of nitrogens with zero attached hydrogens (tertiary/aromatic N) is 2. The maximum absolute atomic E-state index is 13.0. The van der Waals surface area contributed by atoms with Crippen molar-refractivity contribution in [2.45, 2.75) is 6.18 Å². The fraction of sp³-hybridized carbons (Fsp3) is 0.154. The number of rotatable bonds is 3. The van der Waals surface area contributed by atoms with E-state index < -0.39 is 17.6 Å². The number of carbonyl (C=O) groups is 1. The lowest BCUT2D eigenvalue weighted by Gasteiger charge is -2.15. The third-order valence-electron chi connectivity index (χ3n) is 2.70. The molecule has 0 aliphatic rings. The summed E-state index contributed by atoms with van der Waals surface area (Å²) in [6.07, 6.45) is -2.63. The predicted octanol–water partition coefficient (Wildman–Crippen LogP) is 3.25. The lowest BCUT2D eigenvalue weighted by molar-refractivity contribution is -0.137. The summed E-state index contributed by atoms with van der Waals surface area (Å²) in [5, 5.41) is 4.79. The molecule has 0 radical (unpaired) electrons. The fourth-order valence-electron chi connectivity index (χ4n) is 1.71. The van der Waals surface area contributed by atoms with Crippen LogP contribution >= 0.6 is 11.6 Å². The Balaban J connectivity index is 2.48. The molecule has 0 bridgehead atoms. The Bertz CT molecular complexity index is 706. The van der Waals surface area contributed by atoms with E-state index in [1.807, 2.05) is 0 Å². The first-order valence-corrected chi connectivity index (χ1v) is 6.37. The molecular weight excluding hydrogens is 321 g/mol. The first-order valence-electron chi connectivity index (χ1n) is 6.00. The number of hydrogen-bond acceptors (Lipinski definition) is 4. The number of hydrogen-bond donors (Lipinski definition) is 2. The van der Waals surface area contributed by atoms with Crippen LogP contribution in [-0.2, 0) is 6.18 Å². The molecule has 2 aromatic rings. The minimum absolute atomic E-state index is 0.0361. The van der Waals surface area contributed by atoms with Gasteiger partial charge in [0.25, 0.3) is 5.91 Å². The van der Waals surface area contributed by atoms with Crippen LogP contribution in [0.2, 0.25) is 5.15 Å². The molecule has 22 heavy (non-hydrogen) atoms. The maximum Gasteiger partial charge on any atom is 0.419 e. The molecular formula is C13H10ClF3N4O. The Morgan fingerprint density at radius 3 is 2.64 bits per heavy atom. The summed E-state index contributed by atoms with van der Waals surface area (Å²) in [5.41, 5.74) is -1.23. The Kier molecular flexibility index (Phi) is 4.51. The van der Waals surface area contributed by atoms with Gasteiger partial charge in [-0.05, 0) is 18.2 Å². The molecule has 0 spiro atoms. The van der Waals surface area contributed by atoms with Crippen LogP contribution in [0.15, 0.2) is 30.6 Å². The highest BCUT2D eigenvalue weighted by atomic mass is 35.5. The number of alkyl halides is 3. The van der Waals surface area contributed by atoms with Gasteiger partial charge < -0.3 is 10.6 Å². The van der Waals surface area contributed by atoms with Gasteiger partial charge in [0.15, 0.2) is 5.69 Å². The van der Waals surface area contributed by atoms with Gasteiger partial charge in [0.2, 0.25) is 0 Å². The highest BCUT2D eigenvalue weighted by Crippen LogP contribution is 2.36. The van der Waals surface area contributed by atoms with Crippen molar-refractivity contribution in [2.75, 3.05) is 12.4 Å². The molecule has 0 unspecified atom stereocenters. The maximum atomic E-state index is 13.0. The van der Waals surface area contributed by atoms with Crippen molar-refractivity contribution in [1.29, 1.82) is 0 Å². The molecule has 0 fully saturated rings. The van der Waals surface area contributed by atoms with Crippen LogP contribution in [-0.4, -0.2) is 22.9 Å². The third kappa shape index (κ3) is 3.45. The molecule has 0 saturated heterocycles. The van der Waals surface area contributed by atoms with Gasteiger partial charge in [-0.1, -0.05) is 11.6 Å². The second-order valence-corrected chi connectivity index (χ2v) is 4.54. The second kappa shape index (κ2) is 6.18. The van der Waals surface area contributed by atoms with E-state index in [1.165, 1.54) is 25.4 Å². The van der Waals surface area contributed by atoms with Crippen LogP contribution in [0.5, 0.6) is 0 Å². The molecule has 5 nitrogen and oxygen atoms in total. The van der Waals surface area contributed by atoms with Crippen LogP contribution in [0.25, 0.3) is 0 Å². The van der Waals surface area contributed by atoms with E-state index in [0.717, 1.165) is 6.07 Å². The van der Waals surface area contributed by atoms with Crippen LogP contribution < -0.4 is 10.6 Å². The zero-order valence-corrected chi connectivity index (χ0v) is 12.0. The third-order valence-corrected chi connectivity index (χ3v) is 2.90. The summed E-state index contributed by atoms with van der Waals surface area (Å²) in [5.74, 6) is -0.531. The van der Waals surface area contributed by atoms with Gasteiger partial charge in [0, 0.05) is 19.4 Å². The molecule has 2 heterocycles. The molecule has 2 rings (SSSR count). The minimum Gasteiger partial charge on any atom is -0.354 e. The van der Waals surface area contributed by atoms with Gasteiger partial charge >= 0.3 is 6.18 Å². The van der Waals surface area contributed by atoms with Crippen molar-refractivity contribution in [1.82, 2.24) is 15.3 Å². The van der Waals surface area contributed by atoms with Crippen molar-refractivity contribution >= 4 is 28.9 Å². The van der Waals surface area contributed by atoms with Crippen LogP contribution in [0.1, 0.15) is 16.1 Å². The van der Waals surface area contributed by atoms with Gasteiger partial charge in [-0.25, -0.2) is 9.97 Å². The number of halogens is 4. The average Bonchev–Trinajstić information content (AvgIpc) is 2.46. The van der Waals surface area contributed by atoms with E-state index in [1.54, 1.807) is 0 Å². The van der Waals surface area contributed by atoms with Crippen molar-refractivity contribution in [2.24, 2.45) is 0 Å². The van der Waals surface area contributed by atoms with E-state index in [0.29, 0.717) is 6.20 Å². The highest BCUT2D eigenvalue weighted by molar-refractivity contribution is 6.29. The average molecular weight is 331 g/mol. The standard InChI is InChI=1S/C13H10ClF3N4O/c1-18-12(22)11-8(3-2-4-19-11)21-9-5-10(14)20-6-7(9)13(15,16)17/h2-6H,1H3,(H,18,22)(H,20,21). The predicted molar refractivity (Wildman–Crippen MR) is 75.2 cm³/mol. The van der Waals surface area contributed by atoms with Crippen LogP contribution in [0.3, 0.4) is 0 Å². The molecule has 116 valence electrons. The molecule has 0 saturated carbocycles. The molecule has 0 aliphatic carbocycles. The zero-order chi connectivity index (χ0) is 16.3. The first kappa shape index (κ1) is 16.0. The summed E-state index contributed by atoms with van der Waals surface area (Å²) in [6, 6.07) is 3.96. The van der Waals surface area contributed by atoms with Crippen molar-refractivity contribution in [3.8, 4) is 0 Å². The Morgan fingerprint density at radius 2 is 2.00 bits per heavy atom. The normalized spacial score (nSPS) is 11.1. The summed E-state index contributed by atoms with van der Waals surface area (Å²) < 4.78 is 39.0. The summed E-state index contributed by atoms with van der Waals surface area (Å²) in [4.78, 5) is 19.0. The summed E-state index contributed by atoms with van der Waals surface area (Å²) in [7, 11) is 1.39. The van der Waals surface area contributed by atoms with Crippen LogP contribution in [0.4, 0.5) is 24.5 Å². The van der Waals surface area contributed by atoms with E-state index in [2.05, 4.69) is 20.6 Å². The fourth-order valence-corrected chi connectivity index (χ4v) is 1.87. The van der Waals surface area contributed by atoms with Gasteiger partial charge in [-0.3, -0.25) is 4.79 Å². The van der Waals surface area contributed by atoms with E-state index >= 15 is 0 Å². The Labute approximate surface area is 128 Å². The second-order valence-electron chi connectivity index (χ2n) is 4.15. The molecule has 0 aromatic carbocycles. The van der Waals surface area contributed by atoms with Gasteiger partial charge in [-0.15, -0.1) is 0 Å². The Hall–Kier alpha value is -2.35. The topological polar surface area (TPSA) is 66.9 Å². The molecule has 0 atom stereocenters. The number of carbonyl (C=O) groups excluding carboxylic acids is 1. The lowest BCUT2D eigenvalue weighted by atomic mass is 10.2. The summed E-state index contributed by atoms with van der Waals surface area (Å²) in [6.45, 7) is 0. The highest BCUT2D eigenvalue weighted by Gasteiger charge is 2.34. The number of amides is 1. The monoisotopic (exact) mass is 330 g/mol. The number of pyridine rings is 2. The molecule has 0 aliphatic heterocycles. The minimum atomic E-state index is -4.62. The van der Waals surface area contributed by atoms with Gasteiger partial charge in [0.1, 0.15) is 5.15 Å². The number of nitrogens with one attached hydrogen (secondary N) is 2. The van der Waals surface area contributed by atoms with Crippen molar-refractivity contribution in [3.05, 3.63) is 47.0 Å². The van der Waals surface area contributed by atoms with E-state index in [4.69, 9.17) is 11.6 Å². The van der Waals surface area contributed by atoms with E-state index in [-0.39, 0.29) is 22.2 Å². The lowest BCUT2D eigenvalue weighted by Crippen LogP contribution is -2.21. The van der Waals surface area contributed by atoms with Crippen LogP contribution in [0, 0.1) is 0 Å². The molecule has 9 heteroatoms.